The highest BCUT2D eigenvalue weighted by Crippen LogP contribution is 2.22. The van der Waals surface area contributed by atoms with Crippen LogP contribution < -0.4 is 10.6 Å². The molecule has 0 saturated carbocycles. The summed E-state index contributed by atoms with van der Waals surface area (Å²) in [5.41, 5.74) is 2.23. The monoisotopic (exact) mass is 348 g/mol. The van der Waals surface area contributed by atoms with Crippen LogP contribution in [0, 0.1) is 12.8 Å². The molecule has 0 heterocycles. The van der Waals surface area contributed by atoms with Crippen LogP contribution in [0.3, 0.4) is 0 Å². The Morgan fingerprint density at radius 1 is 1.08 bits per heavy atom. The Hall–Kier alpha value is -2.37. The Kier molecular flexibility index (Phi) is 8.11. The van der Waals surface area contributed by atoms with Crippen molar-refractivity contribution in [2.75, 3.05) is 6.54 Å². The molecule has 0 aliphatic rings. The van der Waals surface area contributed by atoms with Crippen LogP contribution in [0.5, 0.6) is 0 Å². The summed E-state index contributed by atoms with van der Waals surface area (Å²) in [6.07, 6.45) is 0.617. The molecule has 0 aliphatic heterocycles. The summed E-state index contributed by atoms with van der Waals surface area (Å²) in [7, 11) is 0. The van der Waals surface area contributed by atoms with E-state index in [4.69, 9.17) is 5.11 Å². The van der Waals surface area contributed by atoms with Crippen molar-refractivity contribution in [1.82, 2.24) is 10.6 Å². The number of rotatable bonds is 9. The van der Waals surface area contributed by atoms with Crippen LogP contribution in [0.2, 0.25) is 0 Å². The Bertz CT molecular complexity index is 613. The number of amides is 2. The summed E-state index contributed by atoms with van der Waals surface area (Å²) >= 11 is 0. The van der Waals surface area contributed by atoms with Gasteiger partial charge in [0.1, 0.15) is 6.04 Å². The van der Waals surface area contributed by atoms with E-state index in [1.807, 2.05) is 52.0 Å². The average Bonchev–Trinajstić information content (AvgIpc) is 2.52. The lowest BCUT2D eigenvalue weighted by molar-refractivity contribution is -0.142. The third-order valence-corrected chi connectivity index (χ3v) is 4.00. The molecule has 6 heteroatoms. The van der Waals surface area contributed by atoms with Crippen LogP contribution in [0.25, 0.3) is 0 Å². The van der Waals surface area contributed by atoms with Gasteiger partial charge in [0.05, 0.1) is 6.54 Å². The first-order valence-electron chi connectivity index (χ1n) is 8.55. The molecule has 25 heavy (non-hydrogen) atoms. The van der Waals surface area contributed by atoms with E-state index in [2.05, 4.69) is 10.6 Å². The van der Waals surface area contributed by atoms with Crippen LogP contribution >= 0.6 is 0 Å². The first-order valence-corrected chi connectivity index (χ1v) is 8.55. The van der Waals surface area contributed by atoms with Gasteiger partial charge in [0, 0.05) is 6.42 Å². The molecule has 0 aromatic heterocycles. The van der Waals surface area contributed by atoms with Gasteiger partial charge in [0.15, 0.2) is 0 Å². The van der Waals surface area contributed by atoms with Gasteiger partial charge < -0.3 is 15.7 Å². The number of carboxylic acid groups (broad SMARTS) is 1. The minimum atomic E-state index is -1.07. The summed E-state index contributed by atoms with van der Waals surface area (Å²) in [4.78, 5) is 35.0. The van der Waals surface area contributed by atoms with Crippen molar-refractivity contribution >= 4 is 17.8 Å². The zero-order chi connectivity index (χ0) is 19.0. The maximum absolute atomic E-state index is 12.0. The number of nitrogens with one attached hydrogen (secondary N) is 2. The molecule has 6 nitrogen and oxygen atoms in total. The van der Waals surface area contributed by atoms with Crippen molar-refractivity contribution in [2.24, 2.45) is 5.92 Å². The van der Waals surface area contributed by atoms with Gasteiger partial charge >= 0.3 is 5.97 Å². The number of carbonyl (C=O) groups excluding carboxylic acids is 2. The minimum absolute atomic E-state index is 0.0389. The van der Waals surface area contributed by atoms with Crippen molar-refractivity contribution in [2.45, 2.75) is 52.5 Å². The highest BCUT2D eigenvalue weighted by Gasteiger charge is 2.21. The number of aliphatic carboxylic acids is 1. The highest BCUT2D eigenvalue weighted by molar-refractivity contribution is 5.88. The lowest BCUT2D eigenvalue weighted by atomic mass is 9.93. The lowest BCUT2D eigenvalue weighted by Gasteiger charge is -2.17. The van der Waals surface area contributed by atoms with E-state index in [0.29, 0.717) is 6.42 Å². The Balaban J connectivity index is 2.46. The predicted octanol–water partition coefficient (Wildman–Crippen LogP) is 2.22. The Labute approximate surface area is 149 Å². The van der Waals surface area contributed by atoms with Gasteiger partial charge in [-0.25, -0.2) is 4.79 Å². The first kappa shape index (κ1) is 20.7. The van der Waals surface area contributed by atoms with E-state index in [0.717, 1.165) is 11.1 Å². The van der Waals surface area contributed by atoms with E-state index in [9.17, 15) is 14.4 Å². The third kappa shape index (κ3) is 7.37. The van der Waals surface area contributed by atoms with Gasteiger partial charge in [0.25, 0.3) is 0 Å². The van der Waals surface area contributed by atoms with Crippen molar-refractivity contribution in [1.29, 1.82) is 0 Å². The van der Waals surface area contributed by atoms with Crippen molar-refractivity contribution in [3.63, 3.8) is 0 Å². The van der Waals surface area contributed by atoms with Gasteiger partial charge in [-0.05, 0) is 36.3 Å². The number of aryl methyl sites for hydroxylation is 1. The second kappa shape index (κ2) is 9.81. The summed E-state index contributed by atoms with van der Waals surface area (Å²) in [5, 5.41) is 14.1. The molecule has 1 unspecified atom stereocenters. The molecule has 0 spiro atoms. The van der Waals surface area contributed by atoms with Gasteiger partial charge in [-0.15, -0.1) is 0 Å². The van der Waals surface area contributed by atoms with E-state index < -0.39 is 17.9 Å². The molecule has 0 saturated heterocycles. The first-order chi connectivity index (χ1) is 11.7. The maximum atomic E-state index is 12.0. The number of hydrogen-bond donors (Lipinski definition) is 3. The molecule has 0 radical (unpaired) electrons. The molecule has 0 bridgehead atoms. The molecule has 0 aliphatic carbocycles. The van der Waals surface area contributed by atoms with Crippen LogP contribution in [0.15, 0.2) is 24.3 Å². The largest absolute Gasteiger partial charge is 0.480 e. The Morgan fingerprint density at radius 2 is 1.72 bits per heavy atom. The average molecular weight is 348 g/mol. The van der Waals surface area contributed by atoms with Crippen molar-refractivity contribution in [3.8, 4) is 0 Å². The Morgan fingerprint density at radius 3 is 2.28 bits per heavy atom. The van der Waals surface area contributed by atoms with Gasteiger partial charge in [0.2, 0.25) is 11.8 Å². The number of carbonyl (C=O) groups is 3. The quantitative estimate of drug-likeness (QED) is 0.638. The molecular weight excluding hydrogens is 320 g/mol. The van der Waals surface area contributed by atoms with Crippen LogP contribution in [-0.4, -0.2) is 35.5 Å². The van der Waals surface area contributed by atoms with E-state index in [1.165, 1.54) is 0 Å². The second-order valence-corrected chi connectivity index (χ2v) is 6.83. The predicted molar refractivity (Wildman–Crippen MR) is 96.2 cm³/mol. The molecule has 1 aromatic rings. The molecule has 1 rings (SSSR count). The fourth-order valence-corrected chi connectivity index (χ4v) is 2.72. The molecule has 0 fully saturated rings. The minimum Gasteiger partial charge on any atom is -0.480 e. The molecular formula is C19H28N2O4. The van der Waals surface area contributed by atoms with Gasteiger partial charge in [-0.2, -0.15) is 0 Å². The van der Waals surface area contributed by atoms with Crippen molar-refractivity contribution in [3.05, 3.63) is 35.4 Å². The van der Waals surface area contributed by atoms with Crippen LogP contribution in [0.1, 0.15) is 50.7 Å². The number of carboxylic acids is 1. The van der Waals surface area contributed by atoms with Crippen LogP contribution in [0.4, 0.5) is 0 Å². The zero-order valence-electron chi connectivity index (χ0n) is 15.3. The number of hydrogen-bond acceptors (Lipinski definition) is 3. The standard InChI is InChI=1S/C19H28N2O4/c1-12(2)9-16(19(24)25)21-18(23)11-20-17(22)10-14(4)15-8-6-5-7-13(15)3/h5-8,12,14,16H,9-11H2,1-4H3,(H,20,22)(H,21,23)(H,24,25)/t14?,16-/m0/s1. The molecule has 2 atom stereocenters. The van der Waals surface area contributed by atoms with Gasteiger partial charge in [-0.1, -0.05) is 45.0 Å². The van der Waals surface area contributed by atoms with E-state index in [1.54, 1.807) is 0 Å². The topological polar surface area (TPSA) is 95.5 Å². The zero-order valence-corrected chi connectivity index (χ0v) is 15.3. The summed E-state index contributed by atoms with van der Waals surface area (Å²) < 4.78 is 0. The van der Waals surface area contributed by atoms with Gasteiger partial charge in [-0.3, -0.25) is 9.59 Å². The molecule has 2 amide bonds. The highest BCUT2D eigenvalue weighted by atomic mass is 16.4. The molecule has 138 valence electrons. The molecule has 3 N–H and O–H groups in total. The SMILES string of the molecule is Cc1ccccc1C(C)CC(=O)NCC(=O)N[C@@H](CC(C)C)C(=O)O. The normalized spacial score (nSPS) is 13.2. The van der Waals surface area contributed by atoms with Crippen molar-refractivity contribution < 1.29 is 19.5 Å². The molecule has 1 aromatic carbocycles. The summed E-state index contributed by atoms with van der Waals surface area (Å²) in [6.45, 7) is 7.51. The third-order valence-electron chi connectivity index (χ3n) is 4.00. The summed E-state index contributed by atoms with van der Waals surface area (Å²) in [5.74, 6) is -1.61. The smallest absolute Gasteiger partial charge is 0.326 e. The fourth-order valence-electron chi connectivity index (χ4n) is 2.72. The maximum Gasteiger partial charge on any atom is 0.326 e. The number of benzene rings is 1. The lowest BCUT2D eigenvalue weighted by Crippen LogP contribution is -2.46. The second-order valence-electron chi connectivity index (χ2n) is 6.83. The fraction of sp³-hybridized carbons (Fsp3) is 0.526. The summed E-state index contributed by atoms with van der Waals surface area (Å²) in [6, 6.07) is 6.94. The van der Waals surface area contributed by atoms with E-state index >= 15 is 0 Å². The van der Waals surface area contributed by atoms with E-state index in [-0.39, 0.29) is 30.7 Å². The van der Waals surface area contributed by atoms with Crippen LogP contribution in [-0.2, 0) is 14.4 Å².